The largest absolute Gasteiger partial charge is 0.508 e. The molecule has 0 saturated carbocycles. The van der Waals surface area contributed by atoms with Crippen LogP contribution in [0.25, 0.3) is 6.08 Å². The van der Waals surface area contributed by atoms with Crippen LogP contribution in [-0.2, 0) is 0 Å². The van der Waals surface area contributed by atoms with E-state index in [1.54, 1.807) is 12.1 Å². The number of aromatic hydroxyl groups is 2. The highest BCUT2D eigenvalue weighted by Gasteiger charge is 2.08. The number of halogens is 1. The molecular formula is C16H13ClO4. The summed E-state index contributed by atoms with van der Waals surface area (Å²) in [6, 6.07) is 9.06. The molecule has 21 heavy (non-hydrogen) atoms. The fourth-order valence-electron chi connectivity index (χ4n) is 1.74. The molecule has 0 aromatic heterocycles. The van der Waals surface area contributed by atoms with Gasteiger partial charge in [0.15, 0.2) is 17.3 Å². The van der Waals surface area contributed by atoms with Gasteiger partial charge in [0.2, 0.25) is 0 Å². The van der Waals surface area contributed by atoms with Crippen LogP contribution in [-0.4, -0.2) is 23.1 Å². The molecular weight excluding hydrogens is 292 g/mol. The molecule has 0 heterocycles. The zero-order chi connectivity index (χ0) is 15.4. The van der Waals surface area contributed by atoms with Gasteiger partial charge in [0.05, 0.1) is 12.1 Å². The maximum Gasteiger partial charge on any atom is 0.185 e. The molecule has 2 aromatic rings. The van der Waals surface area contributed by atoms with Gasteiger partial charge in [0.1, 0.15) is 5.75 Å². The lowest BCUT2D eigenvalue weighted by Gasteiger charge is -2.06. The fourth-order valence-corrected chi connectivity index (χ4v) is 1.96. The Morgan fingerprint density at radius 3 is 2.48 bits per heavy atom. The summed E-state index contributed by atoms with van der Waals surface area (Å²) in [7, 11) is 1.42. The van der Waals surface area contributed by atoms with Crippen LogP contribution in [0.5, 0.6) is 17.2 Å². The molecule has 0 aliphatic heterocycles. The molecule has 0 spiro atoms. The Kier molecular flexibility index (Phi) is 4.50. The van der Waals surface area contributed by atoms with E-state index in [1.807, 2.05) is 0 Å². The minimum absolute atomic E-state index is 0.102. The molecule has 0 bridgehead atoms. The van der Waals surface area contributed by atoms with E-state index in [-0.39, 0.29) is 28.1 Å². The van der Waals surface area contributed by atoms with Gasteiger partial charge in [-0.2, -0.15) is 0 Å². The summed E-state index contributed by atoms with van der Waals surface area (Å²) in [4.78, 5) is 12.0. The molecule has 0 aliphatic carbocycles. The first-order chi connectivity index (χ1) is 10.0. The van der Waals surface area contributed by atoms with Gasteiger partial charge in [-0.05, 0) is 48.0 Å². The van der Waals surface area contributed by atoms with Crippen molar-refractivity contribution in [3.05, 3.63) is 58.6 Å². The van der Waals surface area contributed by atoms with Gasteiger partial charge in [0, 0.05) is 5.56 Å². The number of rotatable bonds is 4. The predicted octanol–water partition coefficient (Wildman–Crippen LogP) is 3.66. The third-order valence-electron chi connectivity index (χ3n) is 2.85. The number of hydrogen-bond acceptors (Lipinski definition) is 4. The molecule has 2 aromatic carbocycles. The van der Waals surface area contributed by atoms with Crippen LogP contribution in [0.4, 0.5) is 0 Å². The first-order valence-corrected chi connectivity index (χ1v) is 6.47. The van der Waals surface area contributed by atoms with E-state index in [4.69, 9.17) is 16.3 Å². The first kappa shape index (κ1) is 14.9. The average Bonchev–Trinajstić information content (AvgIpc) is 2.48. The van der Waals surface area contributed by atoms with Crippen LogP contribution in [0.15, 0.2) is 42.5 Å². The van der Waals surface area contributed by atoms with Crippen molar-refractivity contribution in [1.82, 2.24) is 0 Å². The molecule has 0 fully saturated rings. The number of ketones is 1. The standard InChI is InChI=1S/C16H13ClO4/c1-21-15-9-10(8-13(17)16(15)20)2-7-14(19)11-3-5-12(18)6-4-11/h2-9,18,20H,1H3/b7-2+. The minimum Gasteiger partial charge on any atom is -0.508 e. The van der Waals surface area contributed by atoms with Gasteiger partial charge in [-0.1, -0.05) is 17.7 Å². The quantitative estimate of drug-likeness (QED) is 0.668. The second kappa shape index (κ2) is 6.33. The van der Waals surface area contributed by atoms with Crippen LogP contribution >= 0.6 is 11.6 Å². The highest BCUT2D eigenvalue weighted by Crippen LogP contribution is 2.35. The summed E-state index contributed by atoms with van der Waals surface area (Å²) in [5, 5.41) is 19.0. The molecule has 2 rings (SSSR count). The number of hydrogen-bond donors (Lipinski definition) is 2. The number of methoxy groups -OCH3 is 1. The van der Waals surface area contributed by atoms with E-state index in [0.717, 1.165) is 0 Å². The second-order valence-corrected chi connectivity index (χ2v) is 4.71. The van der Waals surface area contributed by atoms with E-state index in [0.29, 0.717) is 11.1 Å². The summed E-state index contributed by atoms with van der Waals surface area (Å²) in [6.07, 6.45) is 2.96. The maximum absolute atomic E-state index is 12.0. The number of allylic oxidation sites excluding steroid dienone is 1. The van der Waals surface area contributed by atoms with Crippen molar-refractivity contribution in [1.29, 1.82) is 0 Å². The van der Waals surface area contributed by atoms with Gasteiger partial charge in [-0.3, -0.25) is 4.79 Å². The summed E-state index contributed by atoms with van der Waals surface area (Å²) in [5.74, 6) is -0.0100. The Balaban J connectivity index is 2.23. The zero-order valence-corrected chi connectivity index (χ0v) is 12.0. The number of ether oxygens (including phenoxy) is 1. The van der Waals surface area contributed by atoms with E-state index >= 15 is 0 Å². The Hall–Kier alpha value is -2.46. The molecule has 108 valence electrons. The summed E-state index contributed by atoms with van der Waals surface area (Å²) < 4.78 is 4.99. The summed E-state index contributed by atoms with van der Waals surface area (Å²) >= 11 is 5.87. The van der Waals surface area contributed by atoms with E-state index in [1.165, 1.54) is 43.5 Å². The highest BCUT2D eigenvalue weighted by molar-refractivity contribution is 6.32. The van der Waals surface area contributed by atoms with Crippen molar-refractivity contribution in [3.63, 3.8) is 0 Å². The summed E-state index contributed by atoms with van der Waals surface area (Å²) in [5.41, 5.74) is 1.09. The highest BCUT2D eigenvalue weighted by atomic mass is 35.5. The Morgan fingerprint density at radius 2 is 1.86 bits per heavy atom. The molecule has 2 N–H and O–H groups in total. The average molecular weight is 305 g/mol. The molecule has 0 aliphatic rings. The molecule has 0 amide bonds. The van der Waals surface area contributed by atoms with Crippen molar-refractivity contribution >= 4 is 23.5 Å². The number of benzene rings is 2. The Labute approximate surface area is 126 Å². The number of carbonyl (C=O) groups is 1. The van der Waals surface area contributed by atoms with E-state index < -0.39 is 0 Å². The van der Waals surface area contributed by atoms with Crippen molar-refractivity contribution < 1.29 is 19.7 Å². The third-order valence-corrected chi connectivity index (χ3v) is 3.14. The van der Waals surface area contributed by atoms with Crippen LogP contribution in [0, 0.1) is 0 Å². The maximum atomic E-state index is 12.0. The van der Waals surface area contributed by atoms with Crippen molar-refractivity contribution in [2.24, 2.45) is 0 Å². The first-order valence-electron chi connectivity index (χ1n) is 6.09. The monoisotopic (exact) mass is 304 g/mol. The lowest BCUT2D eigenvalue weighted by atomic mass is 10.1. The van der Waals surface area contributed by atoms with Crippen molar-refractivity contribution in [3.8, 4) is 17.2 Å². The normalized spacial score (nSPS) is 10.8. The van der Waals surface area contributed by atoms with Crippen molar-refractivity contribution in [2.45, 2.75) is 0 Å². The SMILES string of the molecule is COc1cc(/C=C/C(=O)c2ccc(O)cc2)cc(Cl)c1O. The molecule has 0 saturated heterocycles. The van der Waals surface area contributed by atoms with Gasteiger partial charge in [-0.25, -0.2) is 0 Å². The Morgan fingerprint density at radius 1 is 1.19 bits per heavy atom. The lowest BCUT2D eigenvalue weighted by Crippen LogP contribution is -1.93. The van der Waals surface area contributed by atoms with E-state index in [9.17, 15) is 15.0 Å². The van der Waals surface area contributed by atoms with Crippen LogP contribution < -0.4 is 4.74 Å². The predicted molar refractivity (Wildman–Crippen MR) is 81.1 cm³/mol. The van der Waals surface area contributed by atoms with Gasteiger partial charge >= 0.3 is 0 Å². The lowest BCUT2D eigenvalue weighted by molar-refractivity contribution is 0.104. The smallest absolute Gasteiger partial charge is 0.185 e. The summed E-state index contributed by atoms with van der Waals surface area (Å²) in [6.45, 7) is 0. The zero-order valence-electron chi connectivity index (χ0n) is 11.2. The van der Waals surface area contributed by atoms with Crippen LogP contribution in [0.1, 0.15) is 15.9 Å². The van der Waals surface area contributed by atoms with Gasteiger partial charge < -0.3 is 14.9 Å². The minimum atomic E-state index is -0.210. The molecule has 0 unspecified atom stereocenters. The van der Waals surface area contributed by atoms with Crippen LogP contribution in [0.2, 0.25) is 5.02 Å². The molecule has 0 atom stereocenters. The van der Waals surface area contributed by atoms with Crippen molar-refractivity contribution in [2.75, 3.05) is 7.11 Å². The number of phenols is 2. The molecule has 0 radical (unpaired) electrons. The van der Waals surface area contributed by atoms with Gasteiger partial charge in [-0.15, -0.1) is 0 Å². The topological polar surface area (TPSA) is 66.8 Å². The third kappa shape index (κ3) is 3.55. The number of phenolic OH excluding ortho intramolecular Hbond substituents is 2. The van der Waals surface area contributed by atoms with E-state index in [2.05, 4.69) is 0 Å². The van der Waals surface area contributed by atoms with Gasteiger partial charge in [0.25, 0.3) is 0 Å². The molecule has 4 nitrogen and oxygen atoms in total. The number of carbonyl (C=O) groups excluding carboxylic acids is 1. The second-order valence-electron chi connectivity index (χ2n) is 4.30. The Bertz CT molecular complexity index is 690. The molecule has 5 heteroatoms. The van der Waals surface area contributed by atoms with Crippen LogP contribution in [0.3, 0.4) is 0 Å². The fraction of sp³-hybridized carbons (Fsp3) is 0.0625.